The number of nitrogens with one attached hydrogen (secondary N) is 1. The first-order valence-electron chi connectivity index (χ1n) is 6.11. The van der Waals surface area contributed by atoms with Crippen LogP contribution in [-0.2, 0) is 24.8 Å². The number of benzene rings is 1. The minimum Gasteiger partial charge on any atom is -0.481 e. The van der Waals surface area contributed by atoms with Crippen molar-refractivity contribution < 1.29 is 14.7 Å². The van der Waals surface area contributed by atoms with E-state index in [0.29, 0.717) is 11.3 Å². The second-order valence-corrected chi connectivity index (χ2v) is 4.45. The van der Waals surface area contributed by atoms with Crippen molar-refractivity contribution >= 4 is 11.9 Å². The number of aryl methyl sites for hydroxylation is 1. The molecular weight excluding hydrogens is 258 g/mol. The normalized spacial score (nSPS) is 10.2. The second-order valence-electron chi connectivity index (χ2n) is 4.45. The van der Waals surface area contributed by atoms with E-state index < -0.39 is 5.97 Å². The third-order valence-electron chi connectivity index (χ3n) is 2.84. The van der Waals surface area contributed by atoms with E-state index in [4.69, 9.17) is 5.11 Å². The lowest BCUT2D eigenvalue weighted by molar-refractivity contribution is -0.136. The first-order chi connectivity index (χ1) is 9.56. The van der Waals surface area contributed by atoms with Crippen molar-refractivity contribution in [3.05, 3.63) is 53.6 Å². The molecule has 2 aromatic rings. The van der Waals surface area contributed by atoms with Gasteiger partial charge >= 0.3 is 5.97 Å². The molecule has 2 N–H and O–H groups in total. The SMILES string of the molecule is Cn1cnc(C(=O)NCc2ccccc2CC(=O)O)c1. The zero-order chi connectivity index (χ0) is 14.5. The van der Waals surface area contributed by atoms with E-state index in [1.165, 1.54) is 0 Å². The van der Waals surface area contributed by atoms with Gasteiger partial charge in [0.2, 0.25) is 0 Å². The van der Waals surface area contributed by atoms with Crippen LogP contribution in [0.4, 0.5) is 0 Å². The molecule has 2 rings (SSSR count). The molecule has 0 aliphatic heterocycles. The number of hydrogen-bond acceptors (Lipinski definition) is 3. The van der Waals surface area contributed by atoms with Crippen LogP contribution in [0.25, 0.3) is 0 Å². The minimum atomic E-state index is -0.895. The molecule has 6 heteroatoms. The van der Waals surface area contributed by atoms with Gasteiger partial charge in [0, 0.05) is 19.8 Å². The van der Waals surface area contributed by atoms with Crippen molar-refractivity contribution in [1.82, 2.24) is 14.9 Å². The van der Waals surface area contributed by atoms with Gasteiger partial charge in [-0.05, 0) is 11.1 Å². The Balaban J connectivity index is 2.03. The van der Waals surface area contributed by atoms with Crippen molar-refractivity contribution in [3.8, 4) is 0 Å². The molecule has 1 amide bonds. The van der Waals surface area contributed by atoms with Crippen molar-refractivity contribution in [3.63, 3.8) is 0 Å². The molecule has 0 unspecified atom stereocenters. The molecule has 0 bridgehead atoms. The summed E-state index contributed by atoms with van der Waals surface area (Å²) in [5.41, 5.74) is 1.82. The Labute approximate surface area is 116 Å². The van der Waals surface area contributed by atoms with E-state index in [1.807, 2.05) is 6.07 Å². The highest BCUT2D eigenvalue weighted by Gasteiger charge is 2.10. The summed E-state index contributed by atoms with van der Waals surface area (Å²) in [6, 6.07) is 7.14. The summed E-state index contributed by atoms with van der Waals surface area (Å²) in [5, 5.41) is 11.6. The molecule has 6 nitrogen and oxygen atoms in total. The first kappa shape index (κ1) is 13.8. The molecular formula is C14H15N3O3. The van der Waals surface area contributed by atoms with Crippen LogP contribution in [0, 0.1) is 0 Å². The van der Waals surface area contributed by atoms with Gasteiger partial charge in [0.15, 0.2) is 0 Å². The lowest BCUT2D eigenvalue weighted by Crippen LogP contribution is -2.24. The molecule has 0 radical (unpaired) electrons. The third kappa shape index (κ3) is 3.44. The quantitative estimate of drug-likeness (QED) is 0.850. The monoisotopic (exact) mass is 273 g/mol. The number of carboxylic acids is 1. The average Bonchev–Trinajstić information content (AvgIpc) is 2.83. The fraction of sp³-hybridized carbons (Fsp3) is 0.214. The highest BCUT2D eigenvalue weighted by atomic mass is 16.4. The van der Waals surface area contributed by atoms with Crippen LogP contribution in [-0.4, -0.2) is 26.5 Å². The van der Waals surface area contributed by atoms with E-state index in [-0.39, 0.29) is 18.9 Å². The van der Waals surface area contributed by atoms with E-state index in [0.717, 1.165) is 5.56 Å². The molecule has 0 fully saturated rings. The highest BCUT2D eigenvalue weighted by Crippen LogP contribution is 2.09. The highest BCUT2D eigenvalue weighted by molar-refractivity contribution is 5.92. The largest absolute Gasteiger partial charge is 0.481 e. The third-order valence-corrected chi connectivity index (χ3v) is 2.84. The molecule has 0 aliphatic rings. The molecule has 0 saturated heterocycles. The summed E-state index contributed by atoms with van der Waals surface area (Å²) in [6.07, 6.45) is 3.11. The number of carboxylic acid groups (broad SMARTS) is 1. The number of imidazole rings is 1. The Kier molecular flexibility index (Phi) is 4.14. The van der Waals surface area contributed by atoms with Crippen LogP contribution in [0.15, 0.2) is 36.8 Å². The smallest absolute Gasteiger partial charge is 0.307 e. The van der Waals surface area contributed by atoms with Gasteiger partial charge < -0.3 is 15.0 Å². The molecule has 0 aliphatic carbocycles. The summed E-state index contributed by atoms with van der Waals surface area (Å²) in [7, 11) is 1.78. The van der Waals surface area contributed by atoms with E-state index in [1.54, 1.807) is 42.3 Å². The molecule has 0 spiro atoms. The van der Waals surface area contributed by atoms with Crippen molar-refractivity contribution in [1.29, 1.82) is 0 Å². The second kappa shape index (κ2) is 6.01. The van der Waals surface area contributed by atoms with Gasteiger partial charge in [-0.15, -0.1) is 0 Å². The Hall–Kier alpha value is -2.63. The molecule has 1 aromatic carbocycles. The number of nitrogens with zero attached hydrogens (tertiary/aromatic N) is 2. The van der Waals surface area contributed by atoms with E-state index in [2.05, 4.69) is 10.3 Å². The molecule has 0 saturated carbocycles. The molecule has 1 heterocycles. The van der Waals surface area contributed by atoms with Crippen molar-refractivity contribution in [2.24, 2.45) is 7.05 Å². The Bertz CT molecular complexity index is 634. The van der Waals surface area contributed by atoms with Gasteiger partial charge in [-0.2, -0.15) is 0 Å². The predicted molar refractivity (Wildman–Crippen MR) is 72.2 cm³/mol. The van der Waals surface area contributed by atoms with E-state index >= 15 is 0 Å². The number of amides is 1. The zero-order valence-electron chi connectivity index (χ0n) is 11.0. The number of rotatable bonds is 5. The van der Waals surface area contributed by atoms with Crippen LogP contribution in [0.2, 0.25) is 0 Å². The number of aromatic nitrogens is 2. The molecule has 104 valence electrons. The lowest BCUT2D eigenvalue weighted by Gasteiger charge is -2.08. The fourth-order valence-corrected chi connectivity index (χ4v) is 1.86. The maximum absolute atomic E-state index is 11.9. The summed E-state index contributed by atoms with van der Waals surface area (Å²) in [4.78, 5) is 26.6. The van der Waals surface area contributed by atoms with Gasteiger partial charge in [-0.1, -0.05) is 24.3 Å². The average molecular weight is 273 g/mol. The maximum Gasteiger partial charge on any atom is 0.307 e. The van der Waals surface area contributed by atoms with Gasteiger partial charge in [-0.25, -0.2) is 4.98 Å². The van der Waals surface area contributed by atoms with Gasteiger partial charge in [0.1, 0.15) is 5.69 Å². The Morgan fingerprint density at radius 1 is 1.30 bits per heavy atom. The van der Waals surface area contributed by atoms with Crippen molar-refractivity contribution in [2.45, 2.75) is 13.0 Å². The van der Waals surface area contributed by atoms with Gasteiger partial charge in [0.25, 0.3) is 5.91 Å². The summed E-state index contributed by atoms with van der Waals surface area (Å²) >= 11 is 0. The number of hydrogen-bond donors (Lipinski definition) is 2. The van der Waals surface area contributed by atoms with Crippen molar-refractivity contribution in [2.75, 3.05) is 0 Å². The lowest BCUT2D eigenvalue weighted by atomic mass is 10.0. The molecule has 0 atom stereocenters. The number of aliphatic carboxylic acids is 1. The van der Waals surface area contributed by atoms with Crippen LogP contribution in [0.3, 0.4) is 0 Å². The predicted octanol–water partition coefficient (Wildman–Crippen LogP) is 0.977. The van der Waals surface area contributed by atoms with E-state index in [9.17, 15) is 9.59 Å². The first-order valence-corrected chi connectivity index (χ1v) is 6.11. The summed E-state index contributed by atoms with van der Waals surface area (Å²) < 4.78 is 1.69. The topological polar surface area (TPSA) is 84.2 Å². The minimum absolute atomic E-state index is 0.0599. The number of carbonyl (C=O) groups excluding carboxylic acids is 1. The molecule has 20 heavy (non-hydrogen) atoms. The Morgan fingerprint density at radius 2 is 2.00 bits per heavy atom. The standard InChI is InChI=1S/C14H15N3O3/c1-17-8-12(16-9-17)14(20)15-7-11-5-3-2-4-10(11)6-13(18)19/h2-5,8-9H,6-7H2,1H3,(H,15,20)(H,18,19). The molecule has 1 aromatic heterocycles. The summed E-state index contributed by atoms with van der Waals surface area (Å²) in [5.74, 6) is -1.18. The number of carbonyl (C=O) groups is 2. The van der Waals surface area contributed by atoms with Crippen LogP contribution < -0.4 is 5.32 Å². The van der Waals surface area contributed by atoms with Crippen LogP contribution >= 0.6 is 0 Å². The van der Waals surface area contributed by atoms with Gasteiger partial charge in [-0.3, -0.25) is 9.59 Å². The maximum atomic E-state index is 11.9. The Morgan fingerprint density at radius 3 is 2.60 bits per heavy atom. The zero-order valence-corrected chi connectivity index (χ0v) is 11.0. The fourth-order valence-electron chi connectivity index (χ4n) is 1.86. The van der Waals surface area contributed by atoms with Gasteiger partial charge in [0.05, 0.1) is 12.7 Å². The van der Waals surface area contributed by atoms with Crippen LogP contribution in [0.1, 0.15) is 21.6 Å². The summed E-state index contributed by atoms with van der Waals surface area (Å²) in [6.45, 7) is 0.277. The van der Waals surface area contributed by atoms with Crippen LogP contribution in [0.5, 0.6) is 0 Å².